The van der Waals surface area contributed by atoms with Gasteiger partial charge in [0.25, 0.3) is 5.91 Å². The normalized spacial score (nSPS) is 11.5. The molecule has 152 valence electrons. The van der Waals surface area contributed by atoms with Gasteiger partial charge < -0.3 is 10.1 Å². The Balaban J connectivity index is 2.46. The maximum Gasteiger partial charge on any atom is 0.257 e. The first-order chi connectivity index (χ1) is 13.3. The van der Waals surface area contributed by atoms with Crippen molar-refractivity contribution in [1.29, 1.82) is 0 Å². The van der Waals surface area contributed by atoms with Gasteiger partial charge >= 0.3 is 0 Å². The number of hydrogen-bond acceptors (Lipinski definition) is 4. The molecule has 0 atom stereocenters. The SMILES string of the molecule is CCOc1ccc(S(=O)(=O)N(CC)CC)cc1NC(=O)c1cccc(Cl)c1Cl. The summed E-state index contributed by atoms with van der Waals surface area (Å²) in [6.07, 6.45) is 0. The quantitative estimate of drug-likeness (QED) is 0.641. The van der Waals surface area contributed by atoms with E-state index in [2.05, 4.69) is 5.32 Å². The van der Waals surface area contributed by atoms with Crippen LogP contribution >= 0.6 is 23.2 Å². The van der Waals surface area contributed by atoms with Gasteiger partial charge in [0.2, 0.25) is 10.0 Å². The number of carbonyl (C=O) groups is 1. The standard InChI is InChI=1S/C19H22Cl2N2O4S/c1-4-23(5-2)28(25,26)13-10-11-17(27-6-3)16(12-13)22-19(24)14-8-7-9-15(20)18(14)21/h7-12H,4-6H2,1-3H3,(H,22,24). The number of anilines is 1. The molecule has 28 heavy (non-hydrogen) atoms. The van der Waals surface area contributed by atoms with Crippen LogP contribution in [-0.2, 0) is 10.0 Å². The summed E-state index contributed by atoms with van der Waals surface area (Å²) in [7, 11) is -3.69. The summed E-state index contributed by atoms with van der Waals surface area (Å²) in [5, 5.41) is 3.04. The van der Waals surface area contributed by atoms with Crippen molar-refractivity contribution in [2.75, 3.05) is 25.0 Å². The molecule has 0 aromatic heterocycles. The highest BCUT2D eigenvalue weighted by molar-refractivity contribution is 7.89. The number of ether oxygens (including phenoxy) is 1. The molecule has 1 N–H and O–H groups in total. The largest absolute Gasteiger partial charge is 0.492 e. The number of sulfonamides is 1. The summed E-state index contributed by atoms with van der Waals surface area (Å²) >= 11 is 12.1. The lowest BCUT2D eigenvalue weighted by atomic mass is 10.2. The lowest BCUT2D eigenvalue weighted by molar-refractivity contribution is 0.102. The van der Waals surface area contributed by atoms with Crippen LogP contribution in [0.5, 0.6) is 5.75 Å². The van der Waals surface area contributed by atoms with Gasteiger partial charge in [-0.25, -0.2) is 8.42 Å². The summed E-state index contributed by atoms with van der Waals surface area (Å²) in [6, 6.07) is 9.07. The predicted octanol–water partition coefficient (Wildman–Crippen LogP) is 4.67. The fourth-order valence-corrected chi connectivity index (χ4v) is 4.50. The topological polar surface area (TPSA) is 75.7 Å². The van der Waals surface area contributed by atoms with E-state index in [0.29, 0.717) is 25.4 Å². The Morgan fingerprint density at radius 2 is 1.79 bits per heavy atom. The van der Waals surface area contributed by atoms with E-state index >= 15 is 0 Å². The first kappa shape index (κ1) is 22.5. The fourth-order valence-electron chi connectivity index (χ4n) is 2.63. The molecule has 0 fully saturated rings. The summed E-state index contributed by atoms with van der Waals surface area (Å²) < 4.78 is 32.5. The zero-order chi connectivity index (χ0) is 20.9. The monoisotopic (exact) mass is 444 g/mol. The minimum Gasteiger partial charge on any atom is -0.492 e. The van der Waals surface area contributed by atoms with Crippen molar-refractivity contribution in [2.45, 2.75) is 25.7 Å². The van der Waals surface area contributed by atoms with E-state index in [-0.39, 0.29) is 26.2 Å². The molecule has 2 aromatic carbocycles. The van der Waals surface area contributed by atoms with E-state index in [1.807, 2.05) is 0 Å². The van der Waals surface area contributed by atoms with Gasteiger partial charge in [-0.3, -0.25) is 4.79 Å². The molecule has 0 radical (unpaired) electrons. The summed E-state index contributed by atoms with van der Waals surface area (Å²) in [6.45, 7) is 6.35. The van der Waals surface area contributed by atoms with Crippen LogP contribution in [0, 0.1) is 0 Å². The van der Waals surface area contributed by atoms with Crippen molar-refractivity contribution in [2.24, 2.45) is 0 Å². The zero-order valence-electron chi connectivity index (χ0n) is 15.8. The Morgan fingerprint density at radius 1 is 1.11 bits per heavy atom. The van der Waals surface area contributed by atoms with Crippen molar-refractivity contribution in [3.63, 3.8) is 0 Å². The number of nitrogens with zero attached hydrogens (tertiary/aromatic N) is 1. The number of nitrogens with one attached hydrogen (secondary N) is 1. The van der Waals surface area contributed by atoms with Crippen molar-refractivity contribution in [3.05, 3.63) is 52.0 Å². The third-order valence-electron chi connectivity index (χ3n) is 4.04. The molecule has 0 aliphatic heterocycles. The average molecular weight is 445 g/mol. The van der Waals surface area contributed by atoms with Crippen LogP contribution in [0.2, 0.25) is 10.0 Å². The molecule has 2 aromatic rings. The van der Waals surface area contributed by atoms with Gasteiger partial charge in [-0.05, 0) is 37.3 Å². The van der Waals surface area contributed by atoms with Gasteiger partial charge in [-0.1, -0.05) is 43.1 Å². The molecule has 0 aliphatic carbocycles. The second-order valence-corrected chi connectivity index (χ2v) is 8.46. The van der Waals surface area contributed by atoms with Gasteiger partial charge in [-0.15, -0.1) is 0 Å². The second-order valence-electron chi connectivity index (χ2n) is 5.74. The Morgan fingerprint density at radius 3 is 2.39 bits per heavy atom. The molecule has 1 amide bonds. The fraction of sp³-hybridized carbons (Fsp3) is 0.316. The smallest absolute Gasteiger partial charge is 0.257 e. The molecule has 0 spiro atoms. The van der Waals surface area contributed by atoms with Gasteiger partial charge in [0, 0.05) is 13.1 Å². The average Bonchev–Trinajstić information content (AvgIpc) is 2.66. The Hall–Kier alpha value is -1.80. The van der Waals surface area contributed by atoms with Crippen LogP contribution in [-0.4, -0.2) is 38.3 Å². The van der Waals surface area contributed by atoms with Crippen molar-refractivity contribution < 1.29 is 17.9 Å². The van der Waals surface area contributed by atoms with Gasteiger partial charge in [0.1, 0.15) is 5.75 Å². The highest BCUT2D eigenvalue weighted by atomic mass is 35.5. The minimum atomic E-state index is -3.69. The molecule has 0 bridgehead atoms. The van der Waals surface area contributed by atoms with E-state index in [0.717, 1.165) is 0 Å². The van der Waals surface area contributed by atoms with Crippen LogP contribution in [0.4, 0.5) is 5.69 Å². The third kappa shape index (κ3) is 4.78. The molecule has 0 saturated carbocycles. The highest BCUT2D eigenvalue weighted by Gasteiger charge is 2.24. The van der Waals surface area contributed by atoms with Crippen molar-refractivity contribution in [1.82, 2.24) is 4.31 Å². The van der Waals surface area contributed by atoms with Crippen molar-refractivity contribution >= 4 is 44.8 Å². The van der Waals surface area contributed by atoms with Crippen LogP contribution in [0.1, 0.15) is 31.1 Å². The van der Waals surface area contributed by atoms with E-state index in [1.165, 1.54) is 28.6 Å². The predicted molar refractivity (Wildman–Crippen MR) is 112 cm³/mol. The van der Waals surface area contributed by atoms with E-state index in [4.69, 9.17) is 27.9 Å². The van der Waals surface area contributed by atoms with Gasteiger partial charge in [-0.2, -0.15) is 4.31 Å². The van der Waals surface area contributed by atoms with Crippen LogP contribution in [0.25, 0.3) is 0 Å². The number of halogens is 2. The van der Waals surface area contributed by atoms with Crippen LogP contribution in [0.3, 0.4) is 0 Å². The molecular formula is C19H22Cl2N2O4S. The molecule has 0 aliphatic rings. The number of rotatable bonds is 8. The molecule has 0 saturated heterocycles. The molecule has 0 unspecified atom stereocenters. The Kier molecular flexibility index (Phi) is 7.71. The number of benzene rings is 2. The van der Waals surface area contributed by atoms with Crippen LogP contribution < -0.4 is 10.1 Å². The maximum atomic E-state index is 12.8. The lowest BCUT2D eigenvalue weighted by Gasteiger charge is -2.20. The van der Waals surface area contributed by atoms with E-state index in [1.54, 1.807) is 32.9 Å². The number of carbonyl (C=O) groups excluding carboxylic acids is 1. The Bertz CT molecular complexity index is 960. The maximum absolute atomic E-state index is 12.8. The molecule has 6 nitrogen and oxygen atoms in total. The van der Waals surface area contributed by atoms with Gasteiger partial charge in [0.15, 0.2) is 0 Å². The molecular weight excluding hydrogens is 423 g/mol. The van der Waals surface area contributed by atoms with Crippen LogP contribution in [0.15, 0.2) is 41.3 Å². The third-order valence-corrected chi connectivity index (χ3v) is 6.90. The summed E-state index contributed by atoms with van der Waals surface area (Å²) in [5.41, 5.74) is 0.407. The molecule has 2 rings (SSSR count). The lowest BCUT2D eigenvalue weighted by Crippen LogP contribution is -2.30. The minimum absolute atomic E-state index is 0.0622. The summed E-state index contributed by atoms with van der Waals surface area (Å²) in [5.74, 6) is -0.168. The van der Waals surface area contributed by atoms with Crippen molar-refractivity contribution in [3.8, 4) is 5.75 Å². The highest BCUT2D eigenvalue weighted by Crippen LogP contribution is 2.31. The van der Waals surface area contributed by atoms with Gasteiger partial charge in [0.05, 0.1) is 32.8 Å². The summed E-state index contributed by atoms with van der Waals surface area (Å²) in [4.78, 5) is 12.7. The van der Waals surface area contributed by atoms with E-state index in [9.17, 15) is 13.2 Å². The first-order valence-electron chi connectivity index (χ1n) is 8.78. The zero-order valence-corrected chi connectivity index (χ0v) is 18.2. The Labute approximate surface area is 175 Å². The number of hydrogen-bond donors (Lipinski definition) is 1. The molecule has 0 heterocycles. The van der Waals surface area contributed by atoms with E-state index < -0.39 is 15.9 Å². The molecule has 9 heteroatoms. The number of amides is 1. The second kappa shape index (κ2) is 9.60. The first-order valence-corrected chi connectivity index (χ1v) is 11.0.